The Morgan fingerprint density at radius 2 is 1.91 bits per heavy atom. The molecule has 5 nitrogen and oxygen atoms in total. The summed E-state index contributed by atoms with van der Waals surface area (Å²) in [6.07, 6.45) is -5.73. The fourth-order valence-corrected chi connectivity index (χ4v) is 1.56. The van der Waals surface area contributed by atoms with Crippen LogP contribution in [-0.4, -0.2) is 22.2 Å². The first-order valence-corrected chi connectivity index (χ1v) is 6.14. The maximum atomic E-state index is 12.4. The predicted octanol–water partition coefficient (Wildman–Crippen LogP) is 2.75. The molecule has 0 spiro atoms. The Morgan fingerprint density at radius 3 is 2.32 bits per heavy atom. The topological polar surface area (TPSA) is 93.3 Å². The van der Waals surface area contributed by atoms with E-state index in [2.05, 4.69) is 5.32 Å². The van der Waals surface area contributed by atoms with Gasteiger partial charge in [0.1, 0.15) is 11.8 Å². The van der Waals surface area contributed by atoms with Gasteiger partial charge in [0, 0.05) is 12.1 Å². The van der Waals surface area contributed by atoms with Gasteiger partial charge >= 0.3 is 6.18 Å². The van der Waals surface area contributed by atoms with Gasteiger partial charge in [0.15, 0.2) is 5.57 Å². The van der Waals surface area contributed by atoms with E-state index in [0.717, 1.165) is 24.3 Å². The van der Waals surface area contributed by atoms with Crippen molar-refractivity contribution in [2.24, 2.45) is 0 Å². The highest BCUT2D eigenvalue weighted by atomic mass is 19.4. The summed E-state index contributed by atoms with van der Waals surface area (Å²) in [4.78, 5) is 11.8. The SMILES string of the molecule is CC(O)C/C(O)=C(\C#N)C(=O)Nc1ccc(C(F)(F)F)cc1. The average Bonchev–Trinajstić information content (AvgIpc) is 2.38. The Labute approximate surface area is 124 Å². The van der Waals surface area contributed by atoms with Crippen LogP contribution >= 0.6 is 0 Å². The molecule has 0 saturated carbocycles. The minimum atomic E-state index is -4.49. The summed E-state index contributed by atoms with van der Waals surface area (Å²) in [5, 5.41) is 29.7. The van der Waals surface area contributed by atoms with Gasteiger partial charge < -0.3 is 15.5 Å². The highest BCUT2D eigenvalue weighted by Crippen LogP contribution is 2.29. The van der Waals surface area contributed by atoms with Crippen LogP contribution in [0.2, 0.25) is 0 Å². The second-order valence-corrected chi connectivity index (χ2v) is 4.52. The molecular formula is C14H13F3N2O3. The zero-order chi connectivity index (χ0) is 16.9. The number of alkyl halides is 3. The third-order valence-electron chi connectivity index (χ3n) is 2.59. The van der Waals surface area contributed by atoms with Gasteiger partial charge in [-0.2, -0.15) is 18.4 Å². The van der Waals surface area contributed by atoms with Crippen LogP contribution in [-0.2, 0) is 11.0 Å². The van der Waals surface area contributed by atoms with E-state index < -0.39 is 35.1 Å². The number of aliphatic hydroxyl groups excluding tert-OH is 2. The van der Waals surface area contributed by atoms with Gasteiger partial charge in [0.05, 0.1) is 11.7 Å². The molecule has 0 aliphatic heterocycles. The fourth-order valence-electron chi connectivity index (χ4n) is 1.56. The van der Waals surface area contributed by atoms with Gasteiger partial charge in [0.25, 0.3) is 5.91 Å². The molecular weight excluding hydrogens is 301 g/mol. The standard InChI is InChI=1S/C14H13F3N2O3/c1-8(20)6-12(21)11(7-18)13(22)19-10-4-2-9(3-5-10)14(15,16)17/h2-5,8,20-21H,6H2,1H3,(H,19,22)/b12-11-. The van der Waals surface area contributed by atoms with Crippen LogP contribution in [0.5, 0.6) is 0 Å². The molecule has 8 heteroatoms. The largest absolute Gasteiger partial charge is 0.511 e. The van der Waals surface area contributed by atoms with Crippen molar-refractivity contribution in [1.82, 2.24) is 0 Å². The number of halogens is 3. The quantitative estimate of drug-likeness (QED) is 0.452. The first kappa shape index (κ1) is 17.5. The number of hydrogen-bond acceptors (Lipinski definition) is 4. The molecule has 0 aliphatic rings. The van der Waals surface area contributed by atoms with Gasteiger partial charge in [-0.05, 0) is 31.2 Å². The number of rotatable bonds is 4. The molecule has 0 fully saturated rings. The Bertz CT molecular complexity index is 614. The smallest absolute Gasteiger partial charge is 0.416 e. The Hall–Kier alpha value is -2.53. The van der Waals surface area contributed by atoms with E-state index in [1.807, 2.05) is 0 Å². The molecule has 1 aromatic rings. The van der Waals surface area contributed by atoms with E-state index in [1.165, 1.54) is 13.0 Å². The number of aliphatic hydroxyl groups is 2. The second kappa shape index (κ2) is 6.95. The lowest BCUT2D eigenvalue weighted by molar-refractivity contribution is -0.137. The van der Waals surface area contributed by atoms with Crippen molar-refractivity contribution in [1.29, 1.82) is 5.26 Å². The van der Waals surface area contributed by atoms with Crippen molar-refractivity contribution in [2.75, 3.05) is 5.32 Å². The highest BCUT2D eigenvalue weighted by molar-refractivity contribution is 6.06. The lowest BCUT2D eigenvalue weighted by Crippen LogP contribution is -2.17. The lowest BCUT2D eigenvalue weighted by atomic mass is 10.1. The van der Waals surface area contributed by atoms with Crippen LogP contribution in [0.15, 0.2) is 35.6 Å². The minimum Gasteiger partial charge on any atom is -0.511 e. The van der Waals surface area contributed by atoms with E-state index in [0.29, 0.717) is 0 Å². The molecule has 1 aromatic carbocycles. The van der Waals surface area contributed by atoms with Crippen LogP contribution in [0.25, 0.3) is 0 Å². The molecule has 0 aliphatic carbocycles. The second-order valence-electron chi connectivity index (χ2n) is 4.52. The van der Waals surface area contributed by atoms with Crippen LogP contribution < -0.4 is 5.32 Å². The molecule has 1 amide bonds. The van der Waals surface area contributed by atoms with E-state index in [1.54, 1.807) is 0 Å². The summed E-state index contributed by atoms with van der Waals surface area (Å²) in [6.45, 7) is 1.36. The minimum absolute atomic E-state index is 0.0376. The number of amides is 1. The third-order valence-corrected chi connectivity index (χ3v) is 2.59. The maximum Gasteiger partial charge on any atom is 0.416 e. The van der Waals surface area contributed by atoms with Gasteiger partial charge in [-0.3, -0.25) is 4.79 Å². The van der Waals surface area contributed by atoms with Crippen LogP contribution in [0.3, 0.4) is 0 Å². The summed E-state index contributed by atoms with van der Waals surface area (Å²) >= 11 is 0. The number of anilines is 1. The van der Waals surface area contributed by atoms with Crippen LogP contribution in [0, 0.1) is 11.3 Å². The van der Waals surface area contributed by atoms with Crippen molar-refractivity contribution >= 4 is 11.6 Å². The number of benzene rings is 1. The number of nitriles is 1. The predicted molar refractivity (Wildman–Crippen MR) is 71.6 cm³/mol. The molecule has 0 saturated heterocycles. The van der Waals surface area contributed by atoms with Gasteiger partial charge in [0.2, 0.25) is 0 Å². The van der Waals surface area contributed by atoms with E-state index in [4.69, 9.17) is 10.4 Å². The van der Waals surface area contributed by atoms with Crippen molar-refractivity contribution in [3.63, 3.8) is 0 Å². The molecule has 0 aromatic heterocycles. The fraction of sp³-hybridized carbons (Fsp3) is 0.286. The van der Waals surface area contributed by atoms with E-state index >= 15 is 0 Å². The zero-order valence-electron chi connectivity index (χ0n) is 11.5. The first-order chi connectivity index (χ1) is 10.1. The number of carbonyl (C=O) groups is 1. The Balaban J connectivity index is 2.90. The first-order valence-electron chi connectivity index (χ1n) is 6.14. The molecule has 0 radical (unpaired) electrons. The van der Waals surface area contributed by atoms with Crippen molar-refractivity contribution in [3.05, 3.63) is 41.2 Å². The molecule has 3 N–H and O–H groups in total. The number of carbonyl (C=O) groups excluding carboxylic acids is 1. The van der Waals surface area contributed by atoms with E-state index in [9.17, 15) is 23.1 Å². The average molecular weight is 314 g/mol. The monoisotopic (exact) mass is 314 g/mol. The normalized spacial score (nSPS) is 13.8. The lowest BCUT2D eigenvalue weighted by Gasteiger charge is -2.09. The van der Waals surface area contributed by atoms with Gasteiger partial charge in [-0.25, -0.2) is 0 Å². The summed E-state index contributed by atoms with van der Waals surface area (Å²) in [5.41, 5.74) is -1.45. The van der Waals surface area contributed by atoms with Crippen molar-refractivity contribution in [2.45, 2.75) is 25.6 Å². The number of nitrogens with one attached hydrogen (secondary N) is 1. The molecule has 1 rings (SSSR count). The van der Waals surface area contributed by atoms with Crippen molar-refractivity contribution in [3.8, 4) is 6.07 Å². The van der Waals surface area contributed by atoms with Gasteiger partial charge in [-0.15, -0.1) is 0 Å². The number of hydrogen-bond donors (Lipinski definition) is 3. The summed E-state index contributed by atoms with van der Waals surface area (Å²) in [5.74, 6) is -1.57. The summed E-state index contributed by atoms with van der Waals surface area (Å²) < 4.78 is 37.2. The van der Waals surface area contributed by atoms with Crippen molar-refractivity contribution < 1.29 is 28.2 Å². The van der Waals surface area contributed by atoms with E-state index in [-0.39, 0.29) is 12.1 Å². The summed E-state index contributed by atoms with van der Waals surface area (Å²) in [7, 11) is 0. The number of nitrogens with zero attached hydrogens (tertiary/aromatic N) is 1. The Kier molecular flexibility index (Phi) is 5.54. The highest BCUT2D eigenvalue weighted by Gasteiger charge is 2.30. The summed E-state index contributed by atoms with van der Waals surface area (Å²) in [6, 6.07) is 5.11. The Morgan fingerprint density at radius 1 is 1.36 bits per heavy atom. The maximum absolute atomic E-state index is 12.4. The third kappa shape index (κ3) is 4.79. The molecule has 1 unspecified atom stereocenters. The van der Waals surface area contributed by atoms with Crippen LogP contribution in [0.1, 0.15) is 18.9 Å². The zero-order valence-corrected chi connectivity index (χ0v) is 11.5. The van der Waals surface area contributed by atoms with Gasteiger partial charge in [-0.1, -0.05) is 0 Å². The molecule has 118 valence electrons. The molecule has 0 heterocycles. The molecule has 1 atom stereocenters. The molecule has 0 bridgehead atoms. The van der Waals surface area contributed by atoms with Crippen LogP contribution in [0.4, 0.5) is 18.9 Å². The molecule has 22 heavy (non-hydrogen) atoms.